The van der Waals surface area contributed by atoms with Crippen molar-refractivity contribution < 1.29 is 9.42 Å². The van der Waals surface area contributed by atoms with Gasteiger partial charge in [-0.1, -0.05) is 97.2 Å². The van der Waals surface area contributed by atoms with Gasteiger partial charge in [-0.2, -0.15) is 0 Å². The fourth-order valence-electron chi connectivity index (χ4n) is 4.59. The molecule has 2 aromatic rings. The summed E-state index contributed by atoms with van der Waals surface area (Å²) in [5.41, 5.74) is 4.85. The highest BCUT2D eigenvalue weighted by Crippen LogP contribution is 2.61. The fraction of sp³-hybridized carbons (Fsp3) is 0.222. The van der Waals surface area contributed by atoms with Crippen LogP contribution in [0.2, 0.25) is 0 Å². The third-order valence-electron chi connectivity index (χ3n) is 6.01. The molecule has 41 heavy (non-hydrogen) atoms. The molecular formula is C36H43O2PS2. The van der Waals surface area contributed by atoms with Crippen molar-refractivity contribution in [2.45, 2.75) is 60.3 Å². The molecule has 0 amide bonds. The average Bonchev–Trinajstić information content (AvgIpc) is 2.92. The molecule has 0 saturated carbocycles. The van der Waals surface area contributed by atoms with Crippen LogP contribution in [0.25, 0.3) is 48.6 Å². The van der Waals surface area contributed by atoms with Crippen LogP contribution in [0.4, 0.5) is 0 Å². The molecular weight excluding hydrogens is 560 g/mol. The molecule has 1 atom stereocenters. The lowest BCUT2D eigenvalue weighted by Crippen LogP contribution is -1.99. The normalized spacial score (nSPS) is 14.6. The van der Waals surface area contributed by atoms with E-state index in [9.17, 15) is 4.89 Å². The molecule has 0 fully saturated rings. The van der Waals surface area contributed by atoms with Crippen molar-refractivity contribution in [3.05, 3.63) is 105 Å². The van der Waals surface area contributed by atoms with Gasteiger partial charge in [0.25, 0.3) is 5.69 Å². The lowest BCUT2D eigenvalue weighted by molar-refractivity contribution is 0.503. The first kappa shape index (κ1) is 34.3. The predicted molar refractivity (Wildman–Crippen MR) is 194 cm³/mol. The second kappa shape index (κ2) is 17.2. The lowest BCUT2D eigenvalue weighted by atomic mass is 9.93. The van der Waals surface area contributed by atoms with E-state index in [0.29, 0.717) is 5.75 Å². The molecule has 0 bridgehead atoms. The van der Waals surface area contributed by atoms with Gasteiger partial charge in [0.1, 0.15) is 5.75 Å². The van der Waals surface area contributed by atoms with Crippen LogP contribution in [-0.2, 0) is 11.8 Å². The van der Waals surface area contributed by atoms with E-state index in [4.69, 9.17) is 16.3 Å². The van der Waals surface area contributed by atoms with Gasteiger partial charge in [-0.05, 0) is 130 Å². The summed E-state index contributed by atoms with van der Waals surface area (Å²) < 4.78 is 6.43. The highest BCUT2D eigenvalue weighted by Gasteiger charge is 2.25. The van der Waals surface area contributed by atoms with Gasteiger partial charge in [0.2, 0.25) is 0 Å². The van der Waals surface area contributed by atoms with Crippen LogP contribution < -0.4 is 4.52 Å². The standard InChI is InChI=1S/C36H43O2PS2/c1-9-17-27-25-35(33(23-15-7)31(21-13-5)29(27)19-11-3)38-39(37,40)41-36-26-28(18-10-2)30(20-12-4)32(22-14-6)34(36)24-16-8/h9-26H,1-8H3,(H,37,40). The first-order chi connectivity index (χ1) is 19.7. The van der Waals surface area contributed by atoms with Gasteiger partial charge >= 0.3 is 0 Å². The van der Waals surface area contributed by atoms with Gasteiger partial charge in [0.15, 0.2) is 0 Å². The zero-order valence-corrected chi connectivity index (χ0v) is 28.0. The molecule has 1 unspecified atom stereocenters. The van der Waals surface area contributed by atoms with Gasteiger partial charge in [0, 0.05) is 10.5 Å². The SMILES string of the molecule is CC=Cc1cc(OP(O)(=S)Sc2cc(C=CC)c(C=CC)c(C=CC)c2C=CC)c(C=CC)c(C=CC)c1C=CC. The maximum atomic E-state index is 11.8. The maximum Gasteiger partial charge on any atom is 0.299 e. The topological polar surface area (TPSA) is 29.5 Å². The van der Waals surface area contributed by atoms with Gasteiger partial charge in [-0.25, -0.2) is 0 Å². The lowest BCUT2D eigenvalue weighted by Gasteiger charge is -2.23. The minimum Gasteiger partial charge on any atom is -0.435 e. The summed E-state index contributed by atoms with van der Waals surface area (Å²) in [7, 11) is 0. The molecule has 2 rings (SSSR count). The van der Waals surface area contributed by atoms with E-state index in [0.717, 1.165) is 49.4 Å². The largest absolute Gasteiger partial charge is 0.435 e. The Bertz CT molecular complexity index is 1390. The minimum atomic E-state index is -3.40. The van der Waals surface area contributed by atoms with E-state index < -0.39 is 5.69 Å². The maximum absolute atomic E-state index is 11.8. The molecule has 0 aromatic heterocycles. The number of rotatable bonds is 12. The first-order valence-electron chi connectivity index (χ1n) is 13.9. The molecule has 0 aliphatic carbocycles. The average molecular weight is 603 g/mol. The minimum absolute atomic E-state index is 0.566. The third-order valence-corrected chi connectivity index (χ3v) is 9.60. The Morgan fingerprint density at radius 3 is 1.37 bits per heavy atom. The van der Waals surface area contributed by atoms with Crippen LogP contribution in [0.5, 0.6) is 5.75 Å². The summed E-state index contributed by atoms with van der Waals surface area (Å²) in [4.78, 5) is 12.6. The predicted octanol–water partition coefficient (Wildman–Crippen LogP) is 12.3. The number of hydrogen-bond acceptors (Lipinski definition) is 3. The van der Waals surface area contributed by atoms with Crippen LogP contribution >= 0.6 is 17.1 Å². The second-order valence-corrected chi connectivity index (χ2v) is 15.0. The second-order valence-electron chi connectivity index (χ2n) is 9.06. The van der Waals surface area contributed by atoms with Crippen LogP contribution in [0.15, 0.2) is 65.6 Å². The van der Waals surface area contributed by atoms with E-state index in [2.05, 4.69) is 48.6 Å². The van der Waals surface area contributed by atoms with E-state index in [-0.39, 0.29) is 0 Å². The Morgan fingerprint density at radius 2 is 0.902 bits per heavy atom. The molecule has 2 nitrogen and oxygen atoms in total. The zero-order chi connectivity index (χ0) is 30.4. The quantitative estimate of drug-likeness (QED) is 0.245. The van der Waals surface area contributed by atoms with Gasteiger partial charge in [-0.15, -0.1) is 0 Å². The Labute approximate surface area is 257 Å². The van der Waals surface area contributed by atoms with Gasteiger partial charge in [-0.3, -0.25) is 0 Å². The number of allylic oxidation sites excluding steroid dienone is 8. The zero-order valence-electron chi connectivity index (χ0n) is 25.5. The van der Waals surface area contributed by atoms with Crippen molar-refractivity contribution in [3.8, 4) is 5.75 Å². The molecule has 0 aliphatic heterocycles. The van der Waals surface area contributed by atoms with E-state index in [1.165, 1.54) is 11.4 Å². The smallest absolute Gasteiger partial charge is 0.299 e. The van der Waals surface area contributed by atoms with Crippen LogP contribution in [-0.4, -0.2) is 4.89 Å². The van der Waals surface area contributed by atoms with Gasteiger partial charge < -0.3 is 9.42 Å². The molecule has 2 aromatic carbocycles. The summed E-state index contributed by atoms with van der Waals surface area (Å²) >= 11 is 7.09. The summed E-state index contributed by atoms with van der Waals surface area (Å²) in [5, 5.41) is 0. The summed E-state index contributed by atoms with van der Waals surface area (Å²) in [5.74, 6) is 0.566. The van der Waals surface area contributed by atoms with Crippen LogP contribution in [0.3, 0.4) is 0 Å². The van der Waals surface area contributed by atoms with Crippen molar-refractivity contribution in [3.63, 3.8) is 0 Å². The summed E-state index contributed by atoms with van der Waals surface area (Å²) in [6.07, 6.45) is 32.8. The molecule has 216 valence electrons. The highest BCUT2D eigenvalue weighted by molar-refractivity contribution is 8.67. The van der Waals surface area contributed by atoms with Crippen LogP contribution in [0, 0.1) is 0 Å². The van der Waals surface area contributed by atoms with Crippen molar-refractivity contribution in [1.82, 2.24) is 0 Å². The number of benzene rings is 2. The highest BCUT2D eigenvalue weighted by atomic mass is 32.9. The monoisotopic (exact) mass is 602 g/mol. The first-order valence-corrected chi connectivity index (χ1v) is 18.0. The molecule has 1 N–H and O–H groups in total. The van der Waals surface area contributed by atoms with E-state index >= 15 is 0 Å². The van der Waals surface area contributed by atoms with Crippen molar-refractivity contribution in [2.75, 3.05) is 0 Å². The van der Waals surface area contributed by atoms with Crippen molar-refractivity contribution in [2.24, 2.45) is 0 Å². The molecule has 0 radical (unpaired) electrons. The summed E-state index contributed by atoms with van der Waals surface area (Å²) in [6, 6.07) is 4.08. The van der Waals surface area contributed by atoms with Gasteiger partial charge in [0.05, 0.1) is 0 Å². The van der Waals surface area contributed by atoms with Crippen molar-refractivity contribution >= 4 is 77.5 Å². The van der Waals surface area contributed by atoms with Crippen molar-refractivity contribution in [1.29, 1.82) is 0 Å². The number of hydrogen-bond donors (Lipinski definition) is 1. The fourth-order valence-corrected chi connectivity index (χ4v) is 8.24. The van der Waals surface area contributed by atoms with E-state index in [1.807, 2.05) is 116 Å². The summed E-state index contributed by atoms with van der Waals surface area (Å²) in [6.45, 7) is 16.0. The Balaban J connectivity index is 2.85. The molecule has 0 aliphatic rings. The molecule has 0 saturated heterocycles. The third kappa shape index (κ3) is 9.05. The Kier molecular flexibility index (Phi) is 14.4. The molecule has 0 heterocycles. The Hall–Kier alpha value is -2.88. The van der Waals surface area contributed by atoms with Crippen LogP contribution in [0.1, 0.15) is 99.9 Å². The Morgan fingerprint density at radius 1 is 0.537 bits per heavy atom. The molecule has 0 spiro atoms. The van der Waals surface area contributed by atoms with E-state index in [1.54, 1.807) is 0 Å². The molecule has 5 heteroatoms.